The summed E-state index contributed by atoms with van der Waals surface area (Å²) >= 11 is 0. The molecule has 0 N–H and O–H groups in total. The number of hydrogen-bond donors (Lipinski definition) is 0. The lowest BCUT2D eigenvalue weighted by Crippen LogP contribution is -2.55. The molecule has 0 aromatic heterocycles. The Kier molecular flexibility index (Phi) is 3.84. The third-order valence-electron chi connectivity index (χ3n) is 3.27. The first-order chi connectivity index (χ1) is 9.98. The Morgan fingerprint density at radius 3 is 2.29 bits per heavy atom. The maximum Gasteiger partial charge on any atom is 0.362 e. The van der Waals surface area contributed by atoms with Gasteiger partial charge >= 0.3 is 23.5 Å². The van der Waals surface area contributed by atoms with Gasteiger partial charge in [0.25, 0.3) is 0 Å². The van der Waals surface area contributed by atoms with E-state index in [1.807, 2.05) is 0 Å². The Morgan fingerprint density at radius 2 is 1.76 bits per heavy atom. The summed E-state index contributed by atoms with van der Waals surface area (Å²) in [6, 6.07) is 4.70. The Labute approximate surface area is 120 Å². The standard InChI is InChI=1S/C14H14O7/c1-18-9-5-4-8-7-14(12(16)19-2,13(17)20-3)21-11(15)10(8)6-9/h4-6H,7H2,1-3H3. The van der Waals surface area contributed by atoms with Gasteiger partial charge in [0, 0.05) is 6.42 Å². The normalized spacial score (nSPS) is 15.5. The number of carbonyl (C=O) groups is 3. The maximum absolute atomic E-state index is 12.1. The van der Waals surface area contributed by atoms with E-state index in [0.29, 0.717) is 11.3 Å². The fraction of sp³-hybridized carbons (Fsp3) is 0.357. The van der Waals surface area contributed by atoms with Crippen LogP contribution in [0.2, 0.25) is 0 Å². The molecule has 0 amide bonds. The number of benzene rings is 1. The molecule has 21 heavy (non-hydrogen) atoms. The van der Waals surface area contributed by atoms with E-state index in [-0.39, 0.29) is 12.0 Å². The Hall–Kier alpha value is -2.57. The molecule has 7 nitrogen and oxygen atoms in total. The maximum atomic E-state index is 12.1. The fourth-order valence-electron chi connectivity index (χ4n) is 2.18. The molecule has 1 aromatic rings. The smallest absolute Gasteiger partial charge is 0.362 e. The monoisotopic (exact) mass is 294 g/mol. The molecule has 0 spiro atoms. The number of hydrogen-bond acceptors (Lipinski definition) is 7. The lowest BCUT2D eigenvalue weighted by Gasteiger charge is -2.32. The van der Waals surface area contributed by atoms with E-state index >= 15 is 0 Å². The van der Waals surface area contributed by atoms with Crippen molar-refractivity contribution >= 4 is 17.9 Å². The zero-order chi connectivity index (χ0) is 15.6. The molecule has 1 heterocycles. The van der Waals surface area contributed by atoms with Crippen LogP contribution in [-0.4, -0.2) is 44.8 Å². The predicted molar refractivity (Wildman–Crippen MR) is 68.9 cm³/mol. The number of rotatable bonds is 3. The summed E-state index contributed by atoms with van der Waals surface area (Å²) in [4.78, 5) is 36.0. The Balaban J connectivity index is 2.52. The van der Waals surface area contributed by atoms with Gasteiger partial charge in [-0.2, -0.15) is 0 Å². The summed E-state index contributed by atoms with van der Waals surface area (Å²) in [6.45, 7) is 0. The van der Waals surface area contributed by atoms with Crippen molar-refractivity contribution in [1.29, 1.82) is 0 Å². The Morgan fingerprint density at radius 1 is 1.14 bits per heavy atom. The molecule has 1 aliphatic rings. The van der Waals surface area contributed by atoms with Crippen LogP contribution in [0.1, 0.15) is 15.9 Å². The van der Waals surface area contributed by atoms with E-state index in [1.165, 1.54) is 13.2 Å². The van der Waals surface area contributed by atoms with Crippen LogP contribution in [0.15, 0.2) is 18.2 Å². The van der Waals surface area contributed by atoms with Gasteiger partial charge in [0.2, 0.25) is 0 Å². The van der Waals surface area contributed by atoms with Crippen LogP contribution >= 0.6 is 0 Å². The number of carbonyl (C=O) groups excluding carboxylic acids is 3. The van der Waals surface area contributed by atoms with Crippen molar-refractivity contribution in [1.82, 2.24) is 0 Å². The first-order valence-corrected chi connectivity index (χ1v) is 6.05. The largest absolute Gasteiger partial charge is 0.497 e. The van der Waals surface area contributed by atoms with Crippen LogP contribution in [0.3, 0.4) is 0 Å². The number of fused-ring (bicyclic) bond motifs is 1. The second-order valence-corrected chi connectivity index (χ2v) is 4.40. The summed E-state index contributed by atoms with van der Waals surface area (Å²) in [6.07, 6.45) is -0.155. The van der Waals surface area contributed by atoms with Crippen molar-refractivity contribution in [2.24, 2.45) is 0 Å². The predicted octanol–water partition coefficient (Wildman–Crippen LogP) is 0.493. The number of cyclic esters (lactones) is 1. The lowest BCUT2D eigenvalue weighted by atomic mass is 9.88. The summed E-state index contributed by atoms with van der Waals surface area (Å²) < 4.78 is 19.3. The molecule has 0 bridgehead atoms. The molecular formula is C14H14O7. The second kappa shape index (κ2) is 5.43. The van der Waals surface area contributed by atoms with Crippen molar-refractivity contribution < 1.29 is 33.3 Å². The lowest BCUT2D eigenvalue weighted by molar-refractivity contribution is -0.181. The minimum absolute atomic E-state index is 0.155. The first kappa shape index (κ1) is 14.8. The summed E-state index contributed by atoms with van der Waals surface area (Å²) in [5.74, 6) is -2.31. The molecule has 0 radical (unpaired) electrons. The molecule has 1 aromatic carbocycles. The molecule has 0 saturated heterocycles. The van der Waals surface area contributed by atoms with Gasteiger partial charge in [-0.1, -0.05) is 6.07 Å². The molecule has 1 aliphatic heterocycles. The van der Waals surface area contributed by atoms with E-state index in [9.17, 15) is 14.4 Å². The average molecular weight is 294 g/mol. The highest BCUT2D eigenvalue weighted by Gasteiger charge is 2.55. The van der Waals surface area contributed by atoms with Gasteiger partial charge in [-0.05, 0) is 17.7 Å². The summed E-state index contributed by atoms with van der Waals surface area (Å²) in [7, 11) is 3.66. The SMILES string of the molecule is COC(=O)C1(C(=O)OC)Cc2ccc(OC)cc2C(=O)O1. The van der Waals surface area contributed by atoms with E-state index in [2.05, 4.69) is 9.47 Å². The fourth-order valence-corrected chi connectivity index (χ4v) is 2.18. The van der Waals surface area contributed by atoms with Crippen molar-refractivity contribution in [3.05, 3.63) is 29.3 Å². The molecule has 0 fully saturated rings. The van der Waals surface area contributed by atoms with Crippen molar-refractivity contribution in [3.8, 4) is 5.75 Å². The number of esters is 3. The van der Waals surface area contributed by atoms with Gasteiger partial charge in [0.1, 0.15) is 5.75 Å². The van der Waals surface area contributed by atoms with Crippen LogP contribution < -0.4 is 4.74 Å². The van der Waals surface area contributed by atoms with Gasteiger partial charge in [0.15, 0.2) is 0 Å². The van der Waals surface area contributed by atoms with Gasteiger partial charge in [-0.15, -0.1) is 0 Å². The molecule has 0 atom stereocenters. The van der Waals surface area contributed by atoms with E-state index in [0.717, 1.165) is 14.2 Å². The van der Waals surface area contributed by atoms with E-state index in [1.54, 1.807) is 12.1 Å². The highest BCUT2D eigenvalue weighted by molar-refractivity contribution is 6.09. The second-order valence-electron chi connectivity index (χ2n) is 4.40. The van der Waals surface area contributed by atoms with E-state index in [4.69, 9.17) is 9.47 Å². The van der Waals surface area contributed by atoms with Gasteiger partial charge in [0.05, 0.1) is 26.9 Å². The quantitative estimate of drug-likeness (QED) is 0.455. The number of methoxy groups -OCH3 is 3. The zero-order valence-corrected chi connectivity index (χ0v) is 11.8. The summed E-state index contributed by atoms with van der Waals surface area (Å²) in [5.41, 5.74) is -1.40. The van der Waals surface area contributed by atoms with E-state index < -0.39 is 23.5 Å². The molecule has 112 valence electrons. The van der Waals surface area contributed by atoms with Crippen molar-refractivity contribution in [3.63, 3.8) is 0 Å². The van der Waals surface area contributed by atoms with Gasteiger partial charge in [-0.25, -0.2) is 14.4 Å². The van der Waals surface area contributed by atoms with Crippen LogP contribution in [0.5, 0.6) is 5.75 Å². The minimum atomic E-state index is -2.11. The number of ether oxygens (including phenoxy) is 4. The van der Waals surface area contributed by atoms with Crippen LogP contribution in [0.25, 0.3) is 0 Å². The van der Waals surface area contributed by atoms with Gasteiger partial charge < -0.3 is 18.9 Å². The van der Waals surface area contributed by atoms with Crippen molar-refractivity contribution in [2.75, 3.05) is 21.3 Å². The zero-order valence-electron chi connectivity index (χ0n) is 11.8. The van der Waals surface area contributed by atoms with Crippen LogP contribution in [-0.2, 0) is 30.2 Å². The third kappa shape index (κ3) is 2.31. The molecule has 0 unspecified atom stereocenters. The topological polar surface area (TPSA) is 88.1 Å². The molecule has 7 heteroatoms. The molecule has 2 rings (SSSR count). The summed E-state index contributed by atoms with van der Waals surface area (Å²) in [5, 5.41) is 0. The minimum Gasteiger partial charge on any atom is -0.497 e. The highest BCUT2D eigenvalue weighted by atomic mass is 16.6. The molecular weight excluding hydrogens is 280 g/mol. The van der Waals surface area contributed by atoms with Crippen LogP contribution in [0, 0.1) is 0 Å². The van der Waals surface area contributed by atoms with Crippen molar-refractivity contribution in [2.45, 2.75) is 12.0 Å². The first-order valence-electron chi connectivity index (χ1n) is 6.05. The highest BCUT2D eigenvalue weighted by Crippen LogP contribution is 2.32. The van der Waals surface area contributed by atoms with Crippen LogP contribution in [0.4, 0.5) is 0 Å². The Bertz CT molecular complexity index is 589. The molecule has 0 aliphatic carbocycles. The average Bonchev–Trinajstić information content (AvgIpc) is 2.52. The third-order valence-corrected chi connectivity index (χ3v) is 3.27. The molecule has 0 saturated carbocycles. The van der Waals surface area contributed by atoms with Gasteiger partial charge in [-0.3, -0.25) is 0 Å².